The first kappa shape index (κ1) is 45.8. The molecule has 0 rings (SSSR count). The van der Waals surface area contributed by atoms with Crippen LogP contribution in [0.5, 0.6) is 0 Å². The van der Waals surface area contributed by atoms with Crippen LogP contribution in [0.25, 0.3) is 0 Å². The maximum Gasteiger partial charge on any atom is 0.385 e. The molecule has 0 aliphatic rings. The van der Waals surface area contributed by atoms with Gasteiger partial charge in [0.1, 0.15) is 0 Å². The van der Waals surface area contributed by atoms with Crippen LogP contribution in [-0.2, 0) is 0 Å². The molecule has 1 unspecified atom stereocenters. The molecule has 1 atom stereocenters. The van der Waals surface area contributed by atoms with Gasteiger partial charge in [0.05, 0.1) is 0 Å². The summed E-state index contributed by atoms with van der Waals surface area (Å²) in [6.45, 7) is -2.37. The van der Waals surface area contributed by atoms with E-state index in [0.29, 0.717) is 0 Å². The van der Waals surface area contributed by atoms with E-state index in [1.165, 1.54) is 0 Å². The summed E-state index contributed by atoms with van der Waals surface area (Å²) in [6, 6.07) is 0. The minimum absolute atomic E-state index is 2.37. The predicted octanol–water partition coefficient (Wildman–Crippen LogP) is 10.5. The highest BCUT2D eigenvalue weighted by Crippen LogP contribution is 2.70. The van der Waals surface area contributed by atoms with E-state index in [0.717, 1.165) is 0 Å². The third-order valence-corrected chi connectivity index (χ3v) is 6.01. The maximum atomic E-state index is 14.7. The smallest absolute Gasteiger partial charge is 0.223 e. The summed E-state index contributed by atoms with van der Waals surface area (Å²) in [5.74, 6) is -121. The topological polar surface area (TPSA) is 0 Å². The Morgan fingerprint density at radius 3 is 0.542 bits per heavy atom. The van der Waals surface area contributed by atoms with Crippen molar-refractivity contribution in [3.05, 3.63) is 0 Å². The van der Waals surface area contributed by atoms with Gasteiger partial charge >= 0.3 is 89.6 Å². The normalized spacial score (nSPS) is 18.1. The minimum Gasteiger partial charge on any atom is -0.223 e. The Bertz CT molecular complexity index is 1150. The molecule has 0 saturated heterocycles. The Morgan fingerprint density at radius 2 is 0.396 bits per heavy atom. The molecule has 0 radical (unpaired) electrons. The quantitative estimate of drug-likeness (QED) is 0.145. The fourth-order valence-electron chi connectivity index (χ4n) is 3.06. The van der Waals surface area contributed by atoms with Crippen molar-refractivity contribution in [1.82, 2.24) is 0 Å². The van der Waals surface area contributed by atoms with E-state index in [-0.39, 0.29) is 0 Å². The fourth-order valence-corrected chi connectivity index (χ4v) is 3.06. The summed E-state index contributed by atoms with van der Waals surface area (Å²) in [6.07, 6.45) is -12.9. The zero-order valence-electron chi connectivity index (χ0n) is 20.9. The van der Waals surface area contributed by atoms with E-state index in [4.69, 9.17) is 0 Å². The lowest BCUT2D eigenvalue weighted by molar-refractivity contribution is -0.483. The maximum absolute atomic E-state index is 14.7. The van der Waals surface area contributed by atoms with Crippen molar-refractivity contribution < 1.29 is 136 Å². The summed E-state index contributed by atoms with van der Waals surface area (Å²) in [4.78, 5) is 0. The SMILES string of the molecule is CC(F)(F)C(F)(C(F)(F)C(F)(F)C(F)(F)C(F)(F)C(F)(F)C(F)F)C(F)(F)C(F)(F)C(F)(F)C(F)(F)C(F)(F)C(F)(F)C(F)(F)C(F)F. The van der Waals surface area contributed by atoms with E-state index in [9.17, 15) is 136 Å². The predicted molar refractivity (Wildman–Crippen MR) is 85.8 cm³/mol. The summed E-state index contributed by atoms with van der Waals surface area (Å²) in [5, 5.41) is 0. The molecule has 0 aromatic rings. The third-order valence-electron chi connectivity index (χ3n) is 6.01. The van der Waals surface area contributed by atoms with Gasteiger partial charge in [-0.3, -0.25) is 0 Å². The first-order valence-electron chi connectivity index (χ1n) is 10.3. The second kappa shape index (κ2) is 11.2. The Labute approximate surface area is 240 Å². The largest absolute Gasteiger partial charge is 0.385 e. The van der Waals surface area contributed by atoms with Crippen molar-refractivity contribution >= 4 is 0 Å². The summed E-state index contributed by atoms with van der Waals surface area (Å²) in [5.41, 5.74) is -9.82. The first-order chi connectivity index (χ1) is 20.1. The Hall–Kier alpha value is -2.17. The molecule has 0 nitrogen and oxygen atoms in total. The van der Waals surface area contributed by atoms with E-state index in [1.54, 1.807) is 0 Å². The van der Waals surface area contributed by atoms with Crippen molar-refractivity contribution in [1.29, 1.82) is 0 Å². The van der Waals surface area contributed by atoms with Crippen molar-refractivity contribution in [3.8, 4) is 0 Å². The van der Waals surface area contributed by atoms with Crippen LogP contribution in [0.15, 0.2) is 0 Å². The molecule has 0 fully saturated rings. The van der Waals surface area contributed by atoms with Crippen LogP contribution in [0, 0.1) is 0 Å². The van der Waals surface area contributed by atoms with Crippen molar-refractivity contribution in [2.45, 2.75) is 102 Å². The van der Waals surface area contributed by atoms with Gasteiger partial charge in [-0.15, -0.1) is 0 Å². The molecule has 31 heteroatoms. The molecule has 0 amide bonds. The van der Waals surface area contributed by atoms with Gasteiger partial charge in [-0.25, -0.2) is 30.7 Å². The van der Waals surface area contributed by atoms with E-state index in [1.807, 2.05) is 0 Å². The fraction of sp³-hybridized carbons (Fsp3) is 1.00. The van der Waals surface area contributed by atoms with Gasteiger partial charge in [-0.1, -0.05) is 0 Å². The molecule has 0 aromatic carbocycles. The highest BCUT2D eigenvalue weighted by Gasteiger charge is 3.02. The van der Waals surface area contributed by atoms with Gasteiger partial charge < -0.3 is 0 Å². The second-order valence-corrected chi connectivity index (χ2v) is 9.14. The van der Waals surface area contributed by atoms with Gasteiger partial charge in [0.15, 0.2) is 0 Å². The second-order valence-electron chi connectivity index (χ2n) is 9.14. The van der Waals surface area contributed by atoms with Crippen LogP contribution < -0.4 is 0 Å². The van der Waals surface area contributed by atoms with E-state index in [2.05, 4.69) is 0 Å². The molecule has 0 aliphatic heterocycles. The molecule has 290 valence electrons. The molecular formula is C17H5F31. The van der Waals surface area contributed by atoms with Gasteiger partial charge in [0, 0.05) is 6.92 Å². The standard InChI is InChI=1S/C17H5F31/c1-4(22,23)7(28,10(33,34)14(41,42)12(37,38)8(29,30)5(24,25)2(18)19)11(35,36)15(43,44)17(47,48)16(45,46)13(39,40)9(31,32)6(26,27)3(20)21/h2-3H,1H3. The third kappa shape index (κ3) is 5.00. The van der Waals surface area contributed by atoms with Crippen molar-refractivity contribution in [2.24, 2.45) is 0 Å². The van der Waals surface area contributed by atoms with Crippen LogP contribution in [0.2, 0.25) is 0 Å². The Balaban J connectivity index is 8.07. The number of hydrogen-bond acceptors (Lipinski definition) is 0. The lowest BCUT2D eigenvalue weighted by atomic mass is 9.74. The molecule has 0 heterocycles. The molecular weight excluding hydrogens is 793 g/mol. The first-order valence-corrected chi connectivity index (χ1v) is 10.3. The average Bonchev–Trinajstić information content (AvgIpc) is 2.85. The van der Waals surface area contributed by atoms with Gasteiger partial charge in [0.2, 0.25) is 0 Å². The molecule has 0 aromatic heterocycles. The molecule has 0 bridgehead atoms. The van der Waals surface area contributed by atoms with Gasteiger partial charge in [0.25, 0.3) is 5.92 Å². The highest BCUT2D eigenvalue weighted by atomic mass is 19.4. The number of rotatable bonds is 15. The van der Waals surface area contributed by atoms with E-state index >= 15 is 0 Å². The van der Waals surface area contributed by atoms with Crippen LogP contribution in [-0.4, -0.2) is 95.5 Å². The Kier molecular flexibility index (Phi) is 10.7. The molecule has 0 spiro atoms. The monoisotopic (exact) mass is 798 g/mol. The van der Waals surface area contributed by atoms with Crippen LogP contribution in [0.1, 0.15) is 6.92 Å². The molecule has 0 N–H and O–H groups in total. The lowest BCUT2D eigenvalue weighted by Gasteiger charge is -2.50. The molecule has 48 heavy (non-hydrogen) atoms. The van der Waals surface area contributed by atoms with E-state index < -0.39 is 102 Å². The van der Waals surface area contributed by atoms with Crippen LogP contribution in [0.3, 0.4) is 0 Å². The summed E-state index contributed by atoms with van der Waals surface area (Å²) < 4.78 is 416. The molecule has 0 saturated carbocycles. The average molecular weight is 798 g/mol. The van der Waals surface area contributed by atoms with Crippen molar-refractivity contribution in [3.63, 3.8) is 0 Å². The molecule has 0 aliphatic carbocycles. The van der Waals surface area contributed by atoms with Crippen LogP contribution >= 0.6 is 0 Å². The highest BCUT2D eigenvalue weighted by molar-refractivity contribution is 5.26. The number of halogens is 31. The number of hydrogen-bond donors (Lipinski definition) is 0. The van der Waals surface area contributed by atoms with Gasteiger partial charge in [-0.05, 0) is 0 Å². The van der Waals surface area contributed by atoms with Crippen LogP contribution in [0.4, 0.5) is 136 Å². The number of alkyl halides is 31. The zero-order chi connectivity index (χ0) is 40.2. The van der Waals surface area contributed by atoms with Crippen molar-refractivity contribution in [2.75, 3.05) is 0 Å². The zero-order valence-corrected chi connectivity index (χ0v) is 20.9. The van der Waals surface area contributed by atoms with Gasteiger partial charge in [-0.2, -0.15) is 105 Å². The summed E-state index contributed by atoms with van der Waals surface area (Å²) >= 11 is 0. The Morgan fingerprint density at radius 1 is 0.250 bits per heavy atom. The minimum atomic E-state index is -10.1. The lowest BCUT2D eigenvalue weighted by Crippen LogP contribution is -2.83. The summed E-state index contributed by atoms with van der Waals surface area (Å²) in [7, 11) is 0.